The van der Waals surface area contributed by atoms with Gasteiger partial charge in [0.05, 0.1) is 17.7 Å². The van der Waals surface area contributed by atoms with Crippen LogP contribution >= 0.6 is 0 Å². The van der Waals surface area contributed by atoms with E-state index in [2.05, 4.69) is 25.9 Å². The molecule has 7 nitrogen and oxygen atoms in total. The molecule has 0 saturated carbocycles. The molecule has 2 aromatic carbocycles. The van der Waals surface area contributed by atoms with Crippen LogP contribution < -0.4 is 10.6 Å². The van der Waals surface area contributed by atoms with Crippen molar-refractivity contribution in [1.82, 2.24) is 20.0 Å². The molecular weight excluding hydrogens is 457 g/mol. The lowest BCUT2D eigenvalue weighted by Crippen LogP contribution is -2.14. The van der Waals surface area contributed by atoms with Crippen molar-refractivity contribution in [3.63, 3.8) is 0 Å². The van der Waals surface area contributed by atoms with E-state index in [4.69, 9.17) is 0 Å². The quantitative estimate of drug-likeness (QED) is 0.379. The number of anilines is 3. The molecule has 0 bridgehead atoms. The second-order valence-corrected chi connectivity index (χ2v) is 8.11. The number of nitrogens with zero attached hydrogens (tertiary/aromatic N) is 4. The van der Waals surface area contributed by atoms with Gasteiger partial charge in [0.15, 0.2) is 11.6 Å². The number of benzene rings is 2. The number of nitrogens with one attached hydrogen (secondary N) is 2. The minimum Gasteiger partial charge on any atom is -0.339 e. The lowest BCUT2D eigenvalue weighted by molar-refractivity contribution is -0.137. The summed E-state index contributed by atoms with van der Waals surface area (Å²) in [6.07, 6.45) is -4.43. The zero-order valence-electron chi connectivity index (χ0n) is 19.3. The number of halogens is 3. The number of alkyl halides is 3. The largest absolute Gasteiger partial charge is 0.416 e. The maximum absolute atomic E-state index is 12.7. The van der Waals surface area contributed by atoms with Crippen LogP contribution in [-0.4, -0.2) is 25.9 Å². The molecule has 4 aromatic rings. The van der Waals surface area contributed by atoms with Gasteiger partial charge in [0.25, 0.3) is 0 Å². The van der Waals surface area contributed by atoms with Crippen molar-refractivity contribution in [2.45, 2.75) is 33.4 Å². The molecule has 0 spiro atoms. The molecule has 0 aliphatic heterocycles. The van der Waals surface area contributed by atoms with Gasteiger partial charge in [-0.15, -0.1) is 10.2 Å². The van der Waals surface area contributed by atoms with E-state index in [1.807, 2.05) is 26.8 Å². The van der Waals surface area contributed by atoms with Crippen LogP contribution in [0.1, 0.15) is 28.1 Å². The Morgan fingerprint density at radius 3 is 2.09 bits per heavy atom. The summed E-state index contributed by atoms with van der Waals surface area (Å²) in [7, 11) is 0. The van der Waals surface area contributed by atoms with E-state index in [9.17, 15) is 18.0 Å². The molecule has 10 heteroatoms. The molecule has 35 heavy (non-hydrogen) atoms. The van der Waals surface area contributed by atoms with Crippen molar-refractivity contribution >= 4 is 23.1 Å². The Labute approximate surface area is 200 Å². The van der Waals surface area contributed by atoms with Gasteiger partial charge >= 0.3 is 6.18 Å². The maximum Gasteiger partial charge on any atom is 0.416 e. The molecule has 0 atom stereocenters. The Balaban J connectivity index is 1.34. The Hall–Kier alpha value is -4.21. The van der Waals surface area contributed by atoms with Crippen molar-refractivity contribution in [2.24, 2.45) is 0 Å². The highest BCUT2D eigenvalue weighted by Crippen LogP contribution is 2.29. The van der Waals surface area contributed by atoms with Crippen molar-refractivity contribution in [2.75, 3.05) is 10.6 Å². The Morgan fingerprint density at radius 2 is 1.54 bits per heavy atom. The molecular formula is C25H23F3N6O. The van der Waals surface area contributed by atoms with Crippen LogP contribution in [0.5, 0.6) is 0 Å². The Bertz CT molecular complexity index is 1330. The number of hydrogen-bond acceptors (Lipinski definition) is 5. The van der Waals surface area contributed by atoms with Crippen LogP contribution in [-0.2, 0) is 17.4 Å². The Kier molecular flexibility index (Phi) is 6.54. The van der Waals surface area contributed by atoms with Gasteiger partial charge in [-0.2, -0.15) is 18.3 Å². The highest BCUT2D eigenvalue weighted by atomic mass is 19.4. The minimum absolute atomic E-state index is 0.0329. The number of aromatic nitrogens is 4. The van der Waals surface area contributed by atoms with Gasteiger partial charge in [0, 0.05) is 17.1 Å². The fourth-order valence-electron chi connectivity index (χ4n) is 3.44. The van der Waals surface area contributed by atoms with E-state index in [0.717, 1.165) is 34.8 Å². The van der Waals surface area contributed by atoms with Crippen LogP contribution in [0.4, 0.5) is 30.4 Å². The van der Waals surface area contributed by atoms with Gasteiger partial charge in [-0.25, -0.2) is 4.68 Å². The zero-order valence-corrected chi connectivity index (χ0v) is 19.3. The third-order valence-electron chi connectivity index (χ3n) is 5.61. The van der Waals surface area contributed by atoms with Crippen LogP contribution in [0.3, 0.4) is 0 Å². The average Bonchev–Trinajstić information content (AvgIpc) is 3.08. The summed E-state index contributed by atoms with van der Waals surface area (Å²) in [5.41, 5.74) is 4.12. The monoisotopic (exact) mass is 480 g/mol. The fraction of sp³-hybridized carbons (Fsp3) is 0.200. The van der Waals surface area contributed by atoms with E-state index in [1.165, 1.54) is 12.1 Å². The van der Waals surface area contributed by atoms with Crippen molar-refractivity contribution in [3.8, 4) is 5.82 Å². The minimum atomic E-state index is -4.40. The summed E-state index contributed by atoms with van der Waals surface area (Å²) in [5.74, 6) is 0.841. The zero-order chi connectivity index (χ0) is 25.2. The van der Waals surface area contributed by atoms with Crippen molar-refractivity contribution in [1.29, 1.82) is 0 Å². The number of aryl methyl sites for hydroxylation is 1. The maximum atomic E-state index is 12.7. The van der Waals surface area contributed by atoms with Crippen molar-refractivity contribution in [3.05, 3.63) is 88.7 Å². The molecule has 1 amide bonds. The molecule has 0 saturated heterocycles. The fourth-order valence-corrected chi connectivity index (χ4v) is 3.44. The number of hydrogen-bond donors (Lipinski definition) is 2. The second kappa shape index (κ2) is 9.57. The normalized spacial score (nSPS) is 11.4. The standard InChI is InChI=1S/C25H23F3N6O/c1-15-16(2)33-34(17(15)3)23-13-12-22(31-32-23)29-20-8-10-21(11-9-20)30-24(35)14-18-4-6-19(7-5-18)25(26,27)28/h4-13H,14H2,1-3H3,(H,29,31)(H,30,35). The molecule has 180 valence electrons. The van der Waals surface area contributed by atoms with Gasteiger partial charge < -0.3 is 10.6 Å². The second-order valence-electron chi connectivity index (χ2n) is 8.11. The number of carbonyl (C=O) groups excluding carboxylic acids is 1. The molecule has 4 rings (SSSR count). The van der Waals surface area contributed by atoms with E-state index >= 15 is 0 Å². The molecule has 0 radical (unpaired) electrons. The first-order chi connectivity index (χ1) is 16.6. The van der Waals surface area contributed by atoms with Gasteiger partial charge in [-0.1, -0.05) is 12.1 Å². The SMILES string of the molecule is Cc1nn(-c2ccc(Nc3ccc(NC(=O)Cc4ccc(C(F)(F)F)cc4)cc3)nn2)c(C)c1C. The summed E-state index contributed by atoms with van der Waals surface area (Å²) < 4.78 is 39.7. The molecule has 2 heterocycles. The van der Waals surface area contributed by atoms with E-state index in [0.29, 0.717) is 22.9 Å². The first kappa shape index (κ1) is 23.9. The van der Waals surface area contributed by atoms with Gasteiger partial charge in [-0.3, -0.25) is 4.79 Å². The molecule has 2 aromatic heterocycles. The molecule has 2 N–H and O–H groups in total. The average molecular weight is 480 g/mol. The third kappa shape index (κ3) is 5.65. The first-order valence-corrected chi connectivity index (χ1v) is 10.8. The van der Waals surface area contributed by atoms with Crippen molar-refractivity contribution < 1.29 is 18.0 Å². The van der Waals surface area contributed by atoms with Crippen LogP contribution in [0.2, 0.25) is 0 Å². The molecule has 0 aliphatic rings. The van der Waals surface area contributed by atoms with Crippen LogP contribution in [0.15, 0.2) is 60.7 Å². The van der Waals surface area contributed by atoms with Gasteiger partial charge in [0.1, 0.15) is 0 Å². The summed E-state index contributed by atoms with van der Waals surface area (Å²) in [5, 5.41) is 18.8. The smallest absolute Gasteiger partial charge is 0.339 e. The van der Waals surface area contributed by atoms with E-state index in [1.54, 1.807) is 35.0 Å². The summed E-state index contributed by atoms with van der Waals surface area (Å²) in [6.45, 7) is 5.94. The molecule has 0 unspecified atom stereocenters. The lowest BCUT2D eigenvalue weighted by atomic mass is 10.1. The summed E-state index contributed by atoms with van der Waals surface area (Å²) in [4.78, 5) is 12.3. The van der Waals surface area contributed by atoms with Gasteiger partial charge in [0.2, 0.25) is 5.91 Å². The third-order valence-corrected chi connectivity index (χ3v) is 5.61. The van der Waals surface area contributed by atoms with Crippen LogP contribution in [0, 0.1) is 20.8 Å². The highest BCUT2D eigenvalue weighted by molar-refractivity contribution is 5.92. The number of amides is 1. The van der Waals surface area contributed by atoms with E-state index in [-0.39, 0.29) is 12.3 Å². The lowest BCUT2D eigenvalue weighted by Gasteiger charge is -2.10. The highest BCUT2D eigenvalue weighted by Gasteiger charge is 2.30. The summed E-state index contributed by atoms with van der Waals surface area (Å²) in [6, 6.07) is 15.1. The van der Waals surface area contributed by atoms with Gasteiger partial charge in [-0.05, 0) is 80.4 Å². The summed E-state index contributed by atoms with van der Waals surface area (Å²) >= 11 is 0. The predicted molar refractivity (Wildman–Crippen MR) is 127 cm³/mol. The first-order valence-electron chi connectivity index (χ1n) is 10.8. The topological polar surface area (TPSA) is 84.7 Å². The number of carbonyl (C=O) groups is 1. The predicted octanol–water partition coefficient (Wildman–Crippen LogP) is 5.53. The Morgan fingerprint density at radius 1 is 0.886 bits per heavy atom. The molecule has 0 fully saturated rings. The van der Waals surface area contributed by atoms with E-state index < -0.39 is 11.7 Å². The number of rotatable bonds is 6. The molecule has 0 aliphatic carbocycles. The van der Waals surface area contributed by atoms with Crippen LogP contribution in [0.25, 0.3) is 5.82 Å².